The van der Waals surface area contributed by atoms with Crippen molar-refractivity contribution in [2.75, 3.05) is 0 Å². The van der Waals surface area contributed by atoms with Crippen molar-refractivity contribution in [3.8, 4) is 0 Å². The average Bonchev–Trinajstić information content (AvgIpc) is 2.17. The molecule has 1 rings (SSSR count). The van der Waals surface area contributed by atoms with Crippen LogP contribution in [-0.2, 0) is 0 Å². The topological polar surface area (TPSA) is 79.3 Å². The Bertz CT molecular complexity index is 338. The van der Waals surface area contributed by atoms with Crippen LogP contribution < -0.4 is 0 Å². The number of hydrogen-bond acceptors (Lipinski definition) is 4. The highest BCUT2D eigenvalue weighted by Gasteiger charge is 2.09. The molecule has 0 aromatic heterocycles. The van der Waals surface area contributed by atoms with Crippen molar-refractivity contribution < 1.29 is 4.92 Å². The van der Waals surface area contributed by atoms with Crippen LogP contribution >= 0.6 is 0 Å². The summed E-state index contributed by atoms with van der Waals surface area (Å²) in [6.07, 6.45) is 0. The average molecular weight is 179 g/mol. The fraction of sp³-hybridized carbons (Fsp3) is 0.250. The molecule has 0 spiro atoms. The lowest BCUT2D eigenvalue weighted by molar-refractivity contribution is -0.384. The SMILES string of the molecule is CC(N=N)c1cccc([N+](=O)[O-])c1. The van der Waals surface area contributed by atoms with Gasteiger partial charge in [0.25, 0.3) is 5.69 Å². The number of benzene rings is 1. The summed E-state index contributed by atoms with van der Waals surface area (Å²) in [6.45, 7) is 1.71. The Kier molecular flexibility index (Phi) is 2.69. The van der Waals surface area contributed by atoms with Crippen molar-refractivity contribution in [2.24, 2.45) is 5.11 Å². The zero-order valence-corrected chi connectivity index (χ0v) is 7.10. The number of rotatable bonds is 3. The van der Waals surface area contributed by atoms with Gasteiger partial charge in [-0.1, -0.05) is 12.1 Å². The van der Waals surface area contributed by atoms with E-state index in [2.05, 4.69) is 5.11 Å². The molecule has 5 heteroatoms. The quantitative estimate of drug-likeness (QED) is 0.439. The van der Waals surface area contributed by atoms with E-state index in [9.17, 15) is 10.1 Å². The molecular formula is C8H9N3O2. The molecule has 0 radical (unpaired) electrons. The molecule has 1 atom stereocenters. The molecule has 0 amide bonds. The summed E-state index contributed by atoms with van der Waals surface area (Å²) in [5.74, 6) is 0. The first kappa shape index (κ1) is 9.31. The van der Waals surface area contributed by atoms with Crippen molar-refractivity contribution in [1.29, 1.82) is 5.53 Å². The van der Waals surface area contributed by atoms with Gasteiger partial charge in [-0.25, -0.2) is 5.53 Å². The molecule has 0 saturated heterocycles. The van der Waals surface area contributed by atoms with Gasteiger partial charge in [0.15, 0.2) is 0 Å². The summed E-state index contributed by atoms with van der Waals surface area (Å²) in [4.78, 5) is 9.93. The number of nitro benzene ring substituents is 1. The summed E-state index contributed by atoms with van der Waals surface area (Å²) in [5, 5.41) is 13.7. The molecule has 0 heterocycles. The lowest BCUT2D eigenvalue weighted by Crippen LogP contribution is -1.92. The second-order valence-corrected chi connectivity index (χ2v) is 2.66. The molecule has 1 unspecified atom stereocenters. The first-order valence-corrected chi connectivity index (χ1v) is 3.76. The van der Waals surface area contributed by atoms with Crippen LogP contribution in [0.4, 0.5) is 5.69 Å². The monoisotopic (exact) mass is 179 g/mol. The Hall–Kier alpha value is -1.78. The number of nitrogens with zero attached hydrogens (tertiary/aromatic N) is 2. The maximum atomic E-state index is 10.4. The summed E-state index contributed by atoms with van der Waals surface area (Å²) in [7, 11) is 0. The van der Waals surface area contributed by atoms with E-state index in [-0.39, 0.29) is 11.7 Å². The largest absolute Gasteiger partial charge is 0.269 e. The van der Waals surface area contributed by atoms with Crippen LogP contribution in [0.15, 0.2) is 29.4 Å². The maximum Gasteiger partial charge on any atom is 0.269 e. The van der Waals surface area contributed by atoms with Crippen LogP contribution in [0.5, 0.6) is 0 Å². The van der Waals surface area contributed by atoms with Crippen LogP contribution in [0.1, 0.15) is 18.5 Å². The van der Waals surface area contributed by atoms with Crippen molar-refractivity contribution in [2.45, 2.75) is 13.0 Å². The van der Waals surface area contributed by atoms with Gasteiger partial charge in [0.2, 0.25) is 0 Å². The summed E-state index contributed by atoms with van der Waals surface area (Å²) < 4.78 is 0. The molecular weight excluding hydrogens is 170 g/mol. The van der Waals surface area contributed by atoms with Crippen LogP contribution in [-0.4, -0.2) is 4.92 Å². The van der Waals surface area contributed by atoms with Gasteiger partial charge < -0.3 is 0 Å². The molecule has 1 N–H and O–H groups in total. The van der Waals surface area contributed by atoms with Gasteiger partial charge in [0.1, 0.15) is 0 Å². The molecule has 13 heavy (non-hydrogen) atoms. The third kappa shape index (κ3) is 2.08. The number of nitro groups is 1. The minimum Gasteiger partial charge on any atom is -0.258 e. The first-order valence-electron chi connectivity index (χ1n) is 3.76. The minimum absolute atomic E-state index is 0.0352. The number of non-ortho nitro benzene ring substituents is 1. The van der Waals surface area contributed by atoms with E-state index in [1.54, 1.807) is 19.1 Å². The number of nitrogens with one attached hydrogen (secondary N) is 1. The van der Waals surface area contributed by atoms with E-state index in [0.717, 1.165) is 0 Å². The van der Waals surface area contributed by atoms with Crippen molar-refractivity contribution in [3.63, 3.8) is 0 Å². The van der Waals surface area contributed by atoms with Crippen molar-refractivity contribution >= 4 is 5.69 Å². The minimum atomic E-state index is -0.458. The van der Waals surface area contributed by atoms with Crippen LogP contribution in [0.2, 0.25) is 0 Å². The zero-order chi connectivity index (χ0) is 9.84. The highest BCUT2D eigenvalue weighted by molar-refractivity contribution is 5.35. The summed E-state index contributed by atoms with van der Waals surface area (Å²) in [5.41, 5.74) is 7.50. The van der Waals surface area contributed by atoms with Crippen LogP contribution in [0.25, 0.3) is 0 Å². The smallest absolute Gasteiger partial charge is 0.258 e. The predicted octanol–water partition coefficient (Wildman–Crippen LogP) is 2.69. The Morgan fingerprint density at radius 3 is 2.85 bits per heavy atom. The van der Waals surface area contributed by atoms with Crippen molar-refractivity contribution in [3.05, 3.63) is 39.9 Å². The number of hydrogen-bond donors (Lipinski definition) is 1. The van der Waals surface area contributed by atoms with E-state index in [1.807, 2.05) is 0 Å². The third-order valence-electron chi connectivity index (χ3n) is 1.76. The van der Waals surface area contributed by atoms with Gasteiger partial charge in [0.05, 0.1) is 11.0 Å². The molecule has 1 aromatic carbocycles. The highest BCUT2D eigenvalue weighted by atomic mass is 16.6. The Labute approximate surface area is 75.1 Å². The Balaban J connectivity index is 3.04. The van der Waals surface area contributed by atoms with Gasteiger partial charge in [-0.15, -0.1) is 0 Å². The van der Waals surface area contributed by atoms with Crippen LogP contribution in [0.3, 0.4) is 0 Å². The first-order chi connectivity index (χ1) is 6.15. The maximum absolute atomic E-state index is 10.4. The Morgan fingerprint density at radius 1 is 1.62 bits per heavy atom. The van der Waals surface area contributed by atoms with E-state index in [0.29, 0.717) is 5.56 Å². The molecule has 5 nitrogen and oxygen atoms in total. The molecule has 0 fully saturated rings. The highest BCUT2D eigenvalue weighted by Crippen LogP contribution is 2.20. The lowest BCUT2D eigenvalue weighted by atomic mass is 10.1. The lowest BCUT2D eigenvalue weighted by Gasteiger charge is -2.02. The summed E-state index contributed by atoms with van der Waals surface area (Å²) in [6, 6.07) is 5.84. The normalized spacial score (nSPS) is 12.1. The van der Waals surface area contributed by atoms with E-state index in [4.69, 9.17) is 5.53 Å². The molecule has 0 aliphatic heterocycles. The van der Waals surface area contributed by atoms with E-state index < -0.39 is 4.92 Å². The Morgan fingerprint density at radius 2 is 2.31 bits per heavy atom. The van der Waals surface area contributed by atoms with Gasteiger partial charge in [-0.05, 0) is 12.5 Å². The van der Waals surface area contributed by atoms with Gasteiger partial charge >= 0.3 is 0 Å². The second kappa shape index (κ2) is 3.75. The third-order valence-corrected chi connectivity index (χ3v) is 1.76. The second-order valence-electron chi connectivity index (χ2n) is 2.66. The molecule has 68 valence electrons. The predicted molar refractivity (Wildman–Crippen MR) is 46.7 cm³/mol. The summed E-state index contributed by atoms with van der Waals surface area (Å²) >= 11 is 0. The van der Waals surface area contributed by atoms with Gasteiger partial charge in [-0.2, -0.15) is 5.11 Å². The molecule has 0 aliphatic carbocycles. The van der Waals surface area contributed by atoms with E-state index >= 15 is 0 Å². The van der Waals surface area contributed by atoms with Crippen LogP contribution in [0, 0.1) is 15.6 Å². The van der Waals surface area contributed by atoms with Gasteiger partial charge in [-0.3, -0.25) is 10.1 Å². The fourth-order valence-electron chi connectivity index (χ4n) is 0.973. The van der Waals surface area contributed by atoms with E-state index in [1.165, 1.54) is 12.1 Å². The molecule has 0 aliphatic rings. The standard InChI is InChI=1S/C8H9N3O2/c1-6(10-9)7-3-2-4-8(5-7)11(12)13/h2-6,9H,1H3. The van der Waals surface area contributed by atoms with Crippen molar-refractivity contribution in [1.82, 2.24) is 0 Å². The molecule has 0 saturated carbocycles. The molecule has 0 bridgehead atoms. The molecule has 1 aromatic rings. The fourth-order valence-corrected chi connectivity index (χ4v) is 0.973. The zero-order valence-electron chi connectivity index (χ0n) is 7.10. The van der Waals surface area contributed by atoms with Gasteiger partial charge in [0, 0.05) is 12.1 Å².